The SMILES string of the molecule is C(=Nc1cncnc1)c1ccco1. The Labute approximate surface area is 75.0 Å². The average molecular weight is 173 g/mol. The van der Waals surface area contributed by atoms with Gasteiger partial charge in [-0.3, -0.25) is 0 Å². The number of rotatable bonds is 2. The number of aliphatic imine (C=N–C) groups is 1. The van der Waals surface area contributed by atoms with Gasteiger partial charge in [0.15, 0.2) is 0 Å². The third kappa shape index (κ3) is 1.99. The van der Waals surface area contributed by atoms with Gasteiger partial charge in [-0.25, -0.2) is 15.0 Å². The van der Waals surface area contributed by atoms with Crippen molar-refractivity contribution in [2.45, 2.75) is 0 Å². The van der Waals surface area contributed by atoms with E-state index in [9.17, 15) is 0 Å². The molecule has 0 unspecified atom stereocenters. The van der Waals surface area contributed by atoms with Crippen LogP contribution in [0.1, 0.15) is 5.76 Å². The number of hydrogen-bond acceptors (Lipinski definition) is 4. The standard InChI is InChI=1S/C9H7N3O/c1-2-9(13-3-1)6-12-8-4-10-7-11-5-8/h1-7H. The van der Waals surface area contributed by atoms with Crippen molar-refractivity contribution < 1.29 is 4.42 Å². The van der Waals surface area contributed by atoms with E-state index >= 15 is 0 Å². The lowest BCUT2D eigenvalue weighted by Crippen LogP contribution is -1.76. The minimum absolute atomic E-state index is 0.707. The maximum atomic E-state index is 5.07. The van der Waals surface area contributed by atoms with E-state index in [0.29, 0.717) is 11.4 Å². The number of nitrogens with zero attached hydrogens (tertiary/aromatic N) is 3. The van der Waals surface area contributed by atoms with Gasteiger partial charge in [0.1, 0.15) is 12.1 Å². The molecule has 4 heteroatoms. The van der Waals surface area contributed by atoms with Crippen LogP contribution >= 0.6 is 0 Å². The van der Waals surface area contributed by atoms with E-state index in [2.05, 4.69) is 15.0 Å². The Morgan fingerprint density at radius 3 is 2.85 bits per heavy atom. The second kappa shape index (κ2) is 3.62. The van der Waals surface area contributed by atoms with Crippen molar-refractivity contribution in [1.29, 1.82) is 0 Å². The zero-order valence-corrected chi connectivity index (χ0v) is 6.79. The van der Waals surface area contributed by atoms with Crippen LogP contribution in [-0.4, -0.2) is 16.2 Å². The summed E-state index contributed by atoms with van der Waals surface area (Å²) in [6, 6.07) is 3.64. The third-order valence-corrected chi connectivity index (χ3v) is 1.43. The van der Waals surface area contributed by atoms with E-state index in [1.807, 2.05) is 12.1 Å². The van der Waals surface area contributed by atoms with Crippen LogP contribution in [0.25, 0.3) is 0 Å². The molecular weight excluding hydrogens is 166 g/mol. The Morgan fingerprint density at radius 2 is 2.15 bits per heavy atom. The first kappa shape index (κ1) is 7.67. The first-order chi connectivity index (χ1) is 6.45. The van der Waals surface area contributed by atoms with Crippen LogP contribution in [0.5, 0.6) is 0 Å². The molecule has 0 atom stereocenters. The summed E-state index contributed by atoms with van der Waals surface area (Å²) < 4.78 is 5.07. The second-order valence-corrected chi connectivity index (χ2v) is 2.37. The number of furan rings is 1. The van der Waals surface area contributed by atoms with E-state index in [1.165, 1.54) is 6.33 Å². The Kier molecular flexibility index (Phi) is 2.14. The first-order valence-electron chi connectivity index (χ1n) is 3.78. The summed E-state index contributed by atoms with van der Waals surface area (Å²) >= 11 is 0. The topological polar surface area (TPSA) is 51.3 Å². The summed E-state index contributed by atoms with van der Waals surface area (Å²) in [5.41, 5.74) is 0.707. The lowest BCUT2D eigenvalue weighted by Gasteiger charge is -1.87. The first-order valence-corrected chi connectivity index (χ1v) is 3.78. The zero-order valence-electron chi connectivity index (χ0n) is 6.79. The average Bonchev–Trinajstić information content (AvgIpc) is 2.69. The highest BCUT2D eigenvalue weighted by Gasteiger charge is 1.89. The van der Waals surface area contributed by atoms with Gasteiger partial charge in [-0.1, -0.05) is 0 Å². The summed E-state index contributed by atoms with van der Waals surface area (Å²) in [6.07, 6.45) is 7.95. The van der Waals surface area contributed by atoms with E-state index in [-0.39, 0.29) is 0 Å². The molecule has 0 saturated heterocycles. The van der Waals surface area contributed by atoms with Gasteiger partial charge in [-0.2, -0.15) is 0 Å². The summed E-state index contributed by atoms with van der Waals surface area (Å²) in [6.45, 7) is 0. The highest BCUT2D eigenvalue weighted by atomic mass is 16.3. The molecule has 0 aliphatic heterocycles. The summed E-state index contributed by atoms with van der Waals surface area (Å²) in [5, 5.41) is 0. The monoisotopic (exact) mass is 173 g/mol. The predicted molar refractivity (Wildman–Crippen MR) is 48.0 cm³/mol. The summed E-state index contributed by atoms with van der Waals surface area (Å²) in [5.74, 6) is 0.712. The maximum Gasteiger partial charge on any atom is 0.144 e. The molecule has 2 aromatic rings. The van der Waals surface area contributed by atoms with Gasteiger partial charge in [0.2, 0.25) is 0 Å². The van der Waals surface area contributed by atoms with E-state index < -0.39 is 0 Å². The number of aromatic nitrogens is 2. The molecule has 0 bridgehead atoms. The number of hydrogen-bond donors (Lipinski definition) is 0. The van der Waals surface area contributed by atoms with Crippen molar-refractivity contribution in [3.63, 3.8) is 0 Å². The molecule has 2 rings (SSSR count). The smallest absolute Gasteiger partial charge is 0.144 e. The summed E-state index contributed by atoms with van der Waals surface area (Å²) in [4.78, 5) is 11.8. The molecule has 0 N–H and O–H groups in total. The van der Waals surface area contributed by atoms with Crippen LogP contribution in [0, 0.1) is 0 Å². The van der Waals surface area contributed by atoms with Crippen molar-refractivity contribution >= 4 is 11.9 Å². The molecule has 4 nitrogen and oxygen atoms in total. The Bertz CT molecular complexity index is 381. The van der Waals surface area contributed by atoms with Crippen molar-refractivity contribution in [2.24, 2.45) is 4.99 Å². The van der Waals surface area contributed by atoms with E-state index in [4.69, 9.17) is 4.42 Å². The normalized spacial score (nSPS) is 10.8. The van der Waals surface area contributed by atoms with Crippen LogP contribution < -0.4 is 0 Å². The third-order valence-electron chi connectivity index (χ3n) is 1.43. The van der Waals surface area contributed by atoms with Gasteiger partial charge >= 0.3 is 0 Å². The van der Waals surface area contributed by atoms with Gasteiger partial charge in [-0.05, 0) is 12.1 Å². The maximum absolute atomic E-state index is 5.07. The molecule has 0 aliphatic rings. The fourth-order valence-corrected chi connectivity index (χ4v) is 0.861. The second-order valence-electron chi connectivity index (χ2n) is 2.37. The minimum Gasteiger partial charge on any atom is -0.463 e. The molecule has 0 radical (unpaired) electrons. The van der Waals surface area contributed by atoms with Crippen LogP contribution in [0.15, 0.2) is 46.5 Å². The molecule has 2 aromatic heterocycles. The molecule has 2 heterocycles. The Morgan fingerprint density at radius 1 is 1.31 bits per heavy atom. The molecule has 64 valence electrons. The molecule has 0 saturated carbocycles. The van der Waals surface area contributed by atoms with Crippen LogP contribution in [0.3, 0.4) is 0 Å². The largest absolute Gasteiger partial charge is 0.463 e. The van der Waals surface area contributed by atoms with Crippen molar-refractivity contribution in [1.82, 2.24) is 9.97 Å². The van der Waals surface area contributed by atoms with Gasteiger partial charge < -0.3 is 4.42 Å². The fraction of sp³-hybridized carbons (Fsp3) is 0. The van der Waals surface area contributed by atoms with Crippen LogP contribution in [-0.2, 0) is 0 Å². The lowest BCUT2D eigenvalue weighted by molar-refractivity contribution is 0.560. The molecule has 13 heavy (non-hydrogen) atoms. The van der Waals surface area contributed by atoms with E-state index in [0.717, 1.165) is 0 Å². The minimum atomic E-state index is 0.707. The van der Waals surface area contributed by atoms with Gasteiger partial charge in [0, 0.05) is 0 Å². The lowest BCUT2D eigenvalue weighted by atomic mass is 10.5. The van der Waals surface area contributed by atoms with Gasteiger partial charge in [0.05, 0.1) is 30.6 Å². The van der Waals surface area contributed by atoms with Crippen LogP contribution in [0.4, 0.5) is 5.69 Å². The Balaban J connectivity index is 2.15. The van der Waals surface area contributed by atoms with Crippen molar-refractivity contribution in [2.75, 3.05) is 0 Å². The highest BCUT2D eigenvalue weighted by Crippen LogP contribution is 2.06. The molecule has 0 fully saturated rings. The fourth-order valence-electron chi connectivity index (χ4n) is 0.861. The highest BCUT2D eigenvalue weighted by molar-refractivity contribution is 5.78. The molecular formula is C9H7N3O. The molecule has 0 aromatic carbocycles. The van der Waals surface area contributed by atoms with Crippen molar-refractivity contribution in [3.05, 3.63) is 42.9 Å². The molecule has 0 aliphatic carbocycles. The molecule has 0 amide bonds. The molecule has 0 spiro atoms. The Hall–Kier alpha value is -1.97. The quantitative estimate of drug-likeness (QED) is 0.651. The van der Waals surface area contributed by atoms with Gasteiger partial charge in [0.25, 0.3) is 0 Å². The predicted octanol–water partition coefficient (Wildman–Crippen LogP) is 1.82. The summed E-state index contributed by atoms with van der Waals surface area (Å²) in [7, 11) is 0. The van der Waals surface area contributed by atoms with E-state index in [1.54, 1.807) is 24.9 Å². The van der Waals surface area contributed by atoms with Crippen LogP contribution in [0.2, 0.25) is 0 Å². The zero-order chi connectivity index (χ0) is 8.93. The van der Waals surface area contributed by atoms with Crippen molar-refractivity contribution in [3.8, 4) is 0 Å². The van der Waals surface area contributed by atoms with Gasteiger partial charge in [-0.15, -0.1) is 0 Å².